The molecule has 10 nitrogen and oxygen atoms in total. The number of carbonyl (C=O) groups is 1. The third-order valence-electron chi connectivity index (χ3n) is 5.29. The number of aromatic nitrogens is 4. The number of ether oxygens (including phenoxy) is 1. The summed E-state index contributed by atoms with van der Waals surface area (Å²) in [5.74, 6) is 0.104. The molecule has 2 heterocycles. The number of H-pyrrole nitrogens is 1. The molecule has 0 fully saturated rings. The molecule has 3 rings (SSSR count). The predicted molar refractivity (Wildman–Crippen MR) is 122 cm³/mol. The van der Waals surface area contributed by atoms with Crippen molar-refractivity contribution in [3.05, 3.63) is 69.1 Å². The lowest BCUT2D eigenvalue weighted by Crippen LogP contribution is -2.43. The highest BCUT2D eigenvalue weighted by Gasteiger charge is 2.29. The van der Waals surface area contributed by atoms with Gasteiger partial charge < -0.3 is 10.5 Å². The minimum Gasteiger partial charge on any atom is -0.496 e. The number of unbranched alkanes of at least 4 members (excludes halogenated alkanes) is 1. The quantitative estimate of drug-likeness (QED) is 0.523. The predicted octanol–water partition coefficient (Wildman–Crippen LogP) is 1.92. The van der Waals surface area contributed by atoms with Gasteiger partial charge in [0.05, 0.1) is 13.7 Å². The van der Waals surface area contributed by atoms with Crippen LogP contribution < -0.4 is 26.6 Å². The van der Waals surface area contributed by atoms with E-state index in [-0.39, 0.29) is 18.1 Å². The van der Waals surface area contributed by atoms with Crippen molar-refractivity contribution in [2.75, 3.05) is 17.7 Å². The molecule has 2 aromatic heterocycles. The van der Waals surface area contributed by atoms with Crippen LogP contribution in [-0.2, 0) is 17.9 Å². The summed E-state index contributed by atoms with van der Waals surface area (Å²) < 4.78 is 8.21. The van der Waals surface area contributed by atoms with Crippen molar-refractivity contribution in [3.8, 4) is 5.75 Å². The maximum atomic E-state index is 13.6. The van der Waals surface area contributed by atoms with Crippen LogP contribution in [-0.4, -0.2) is 32.3 Å². The van der Waals surface area contributed by atoms with E-state index in [4.69, 9.17) is 10.5 Å². The Morgan fingerprint density at radius 3 is 2.69 bits per heavy atom. The number of carbonyl (C=O) groups excluding carboxylic acids is 1. The highest BCUT2D eigenvalue weighted by Crippen LogP contribution is 2.26. The number of nitrogens with two attached hydrogens (primary N) is 1. The van der Waals surface area contributed by atoms with Crippen LogP contribution in [0.5, 0.6) is 5.75 Å². The van der Waals surface area contributed by atoms with E-state index in [1.54, 1.807) is 37.5 Å². The first-order valence-corrected chi connectivity index (χ1v) is 10.4. The molecule has 1 amide bonds. The topological polar surface area (TPSA) is 128 Å². The van der Waals surface area contributed by atoms with Gasteiger partial charge >= 0.3 is 5.69 Å². The van der Waals surface area contributed by atoms with Gasteiger partial charge in [0.1, 0.15) is 17.6 Å². The van der Waals surface area contributed by atoms with Crippen LogP contribution in [0.2, 0.25) is 0 Å². The summed E-state index contributed by atoms with van der Waals surface area (Å²) in [5, 5.41) is 4.14. The molecule has 0 saturated carbocycles. The molecule has 170 valence electrons. The fourth-order valence-electron chi connectivity index (χ4n) is 3.50. The van der Waals surface area contributed by atoms with Gasteiger partial charge in [-0.2, -0.15) is 5.10 Å². The van der Waals surface area contributed by atoms with Gasteiger partial charge in [-0.25, -0.2) is 4.79 Å². The molecule has 1 atom stereocenters. The maximum Gasteiger partial charge on any atom is 0.330 e. The number of anilines is 2. The summed E-state index contributed by atoms with van der Waals surface area (Å²) in [7, 11) is 1.53. The van der Waals surface area contributed by atoms with Crippen LogP contribution >= 0.6 is 0 Å². The first-order chi connectivity index (χ1) is 15.4. The van der Waals surface area contributed by atoms with E-state index in [2.05, 4.69) is 10.1 Å². The van der Waals surface area contributed by atoms with Crippen LogP contribution in [0.15, 0.2) is 52.3 Å². The first kappa shape index (κ1) is 22.9. The van der Waals surface area contributed by atoms with Crippen molar-refractivity contribution >= 4 is 17.4 Å². The van der Waals surface area contributed by atoms with E-state index in [1.165, 1.54) is 21.3 Å². The summed E-state index contributed by atoms with van der Waals surface area (Å²) in [6.45, 7) is 4.02. The SMILES string of the molecule is CCCCn1c(N)c(N(Cc2ccccc2OC)C(=O)C(C)n2cccn2)c(=O)[nH]c1=O. The molecule has 32 heavy (non-hydrogen) atoms. The summed E-state index contributed by atoms with van der Waals surface area (Å²) in [4.78, 5) is 42.5. The Balaban J connectivity index is 2.15. The largest absolute Gasteiger partial charge is 0.496 e. The lowest BCUT2D eigenvalue weighted by atomic mass is 10.1. The van der Waals surface area contributed by atoms with Gasteiger partial charge in [-0.05, 0) is 25.5 Å². The number of para-hydroxylation sites is 1. The molecule has 0 aliphatic rings. The third-order valence-corrected chi connectivity index (χ3v) is 5.29. The number of amides is 1. The van der Waals surface area contributed by atoms with Crippen molar-refractivity contribution in [2.24, 2.45) is 0 Å². The van der Waals surface area contributed by atoms with Gasteiger partial charge in [0.2, 0.25) is 0 Å². The molecule has 1 unspecified atom stereocenters. The Hall–Kier alpha value is -3.82. The lowest BCUT2D eigenvalue weighted by molar-refractivity contribution is -0.121. The second-order valence-corrected chi connectivity index (χ2v) is 7.40. The molecule has 1 aromatic carbocycles. The third kappa shape index (κ3) is 4.58. The van der Waals surface area contributed by atoms with Crippen LogP contribution in [0.4, 0.5) is 11.5 Å². The van der Waals surface area contributed by atoms with Gasteiger partial charge in [0, 0.05) is 24.5 Å². The Labute approximate surface area is 185 Å². The minimum absolute atomic E-state index is 0.0215. The van der Waals surface area contributed by atoms with Crippen molar-refractivity contribution in [2.45, 2.75) is 45.8 Å². The van der Waals surface area contributed by atoms with E-state index in [9.17, 15) is 14.4 Å². The molecule has 0 saturated heterocycles. The molecular weight excluding hydrogens is 412 g/mol. The number of nitrogens with zero attached hydrogens (tertiary/aromatic N) is 4. The average molecular weight is 441 g/mol. The monoisotopic (exact) mass is 440 g/mol. The standard InChI is InChI=1S/C22H28N6O4/c1-4-5-12-26-19(23)18(20(29)25-22(26)31)27(14-16-9-6-7-10-17(16)32-3)21(30)15(2)28-13-8-11-24-28/h6-11,13,15H,4-5,12,14,23H2,1-3H3,(H,25,29,31). The first-order valence-electron chi connectivity index (χ1n) is 10.4. The Kier molecular flexibility index (Phi) is 7.14. The van der Waals surface area contributed by atoms with E-state index >= 15 is 0 Å². The fraction of sp³-hybridized carbons (Fsp3) is 0.364. The molecule has 0 spiro atoms. The van der Waals surface area contributed by atoms with Crippen molar-refractivity contribution in [3.63, 3.8) is 0 Å². The average Bonchev–Trinajstić information content (AvgIpc) is 3.32. The molecule has 10 heteroatoms. The summed E-state index contributed by atoms with van der Waals surface area (Å²) in [6, 6.07) is 8.19. The van der Waals surface area contributed by atoms with Crippen LogP contribution in [0.1, 0.15) is 38.3 Å². The van der Waals surface area contributed by atoms with E-state index in [0.29, 0.717) is 24.3 Å². The van der Waals surface area contributed by atoms with Crippen molar-refractivity contribution in [1.82, 2.24) is 19.3 Å². The molecule has 0 aliphatic heterocycles. The van der Waals surface area contributed by atoms with Gasteiger partial charge in [0.15, 0.2) is 5.69 Å². The molecule has 0 bridgehead atoms. The van der Waals surface area contributed by atoms with Gasteiger partial charge in [-0.15, -0.1) is 0 Å². The smallest absolute Gasteiger partial charge is 0.330 e. The van der Waals surface area contributed by atoms with Crippen molar-refractivity contribution < 1.29 is 9.53 Å². The number of hydrogen-bond donors (Lipinski definition) is 2. The van der Waals surface area contributed by atoms with Crippen LogP contribution in [0.3, 0.4) is 0 Å². The fourth-order valence-corrected chi connectivity index (χ4v) is 3.50. The Bertz CT molecular complexity index is 1180. The van der Waals surface area contributed by atoms with Crippen molar-refractivity contribution in [1.29, 1.82) is 0 Å². The highest BCUT2D eigenvalue weighted by molar-refractivity contribution is 5.97. The normalized spacial score (nSPS) is 11.8. The molecule has 3 N–H and O–H groups in total. The number of rotatable bonds is 9. The zero-order chi connectivity index (χ0) is 23.3. The maximum absolute atomic E-state index is 13.6. The second kappa shape index (κ2) is 9.99. The second-order valence-electron chi connectivity index (χ2n) is 7.40. The zero-order valence-corrected chi connectivity index (χ0v) is 18.4. The number of nitrogen functional groups attached to an aromatic ring is 1. The zero-order valence-electron chi connectivity index (χ0n) is 18.4. The summed E-state index contributed by atoms with van der Waals surface area (Å²) in [5.41, 5.74) is 5.58. The molecule has 0 radical (unpaired) electrons. The summed E-state index contributed by atoms with van der Waals surface area (Å²) >= 11 is 0. The number of nitrogens with one attached hydrogen (secondary N) is 1. The van der Waals surface area contributed by atoms with Gasteiger partial charge in [0.25, 0.3) is 11.5 Å². The number of methoxy groups -OCH3 is 1. The summed E-state index contributed by atoms with van der Waals surface area (Å²) in [6.07, 6.45) is 4.76. The minimum atomic E-state index is -0.726. The molecule has 3 aromatic rings. The number of aromatic amines is 1. The van der Waals surface area contributed by atoms with Gasteiger partial charge in [-0.3, -0.25) is 28.7 Å². The van der Waals surface area contributed by atoms with Crippen LogP contribution in [0, 0.1) is 0 Å². The highest BCUT2D eigenvalue weighted by atomic mass is 16.5. The van der Waals surface area contributed by atoms with Gasteiger partial charge in [-0.1, -0.05) is 31.5 Å². The molecular formula is C22H28N6O4. The Morgan fingerprint density at radius 2 is 2.03 bits per heavy atom. The number of hydrogen-bond acceptors (Lipinski definition) is 6. The number of benzene rings is 1. The van der Waals surface area contributed by atoms with E-state index in [0.717, 1.165) is 6.42 Å². The Morgan fingerprint density at radius 1 is 1.28 bits per heavy atom. The van der Waals surface area contributed by atoms with E-state index < -0.39 is 23.2 Å². The lowest BCUT2D eigenvalue weighted by Gasteiger charge is -2.27. The molecule has 0 aliphatic carbocycles. The van der Waals surface area contributed by atoms with E-state index in [1.807, 2.05) is 19.1 Å². The van der Waals surface area contributed by atoms with Crippen LogP contribution in [0.25, 0.3) is 0 Å².